The van der Waals surface area contributed by atoms with Gasteiger partial charge in [0.25, 0.3) is 11.8 Å². The van der Waals surface area contributed by atoms with E-state index < -0.39 is 29.1 Å². The molecule has 2 N–H and O–H groups in total. The molecule has 3 saturated carbocycles. The summed E-state index contributed by atoms with van der Waals surface area (Å²) in [6, 6.07) is 7.72. The number of carbonyl (C=O) groups is 2. The van der Waals surface area contributed by atoms with Crippen LogP contribution < -0.4 is 24.8 Å². The molecule has 0 atom stereocenters. The molecule has 4 aliphatic rings. The van der Waals surface area contributed by atoms with Gasteiger partial charge in [0.1, 0.15) is 11.6 Å². The fourth-order valence-electron chi connectivity index (χ4n) is 4.50. The number of amides is 2. The van der Waals surface area contributed by atoms with Gasteiger partial charge < -0.3 is 24.8 Å². The van der Waals surface area contributed by atoms with Crippen molar-refractivity contribution in [3.8, 4) is 17.2 Å². The van der Waals surface area contributed by atoms with Crippen LogP contribution in [0.4, 0.5) is 13.2 Å². The minimum Gasteiger partial charge on any atom is -0.484 e. The van der Waals surface area contributed by atoms with E-state index >= 15 is 0 Å². The predicted molar refractivity (Wildman–Crippen MR) is 104 cm³/mol. The molecule has 32 heavy (non-hydrogen) atoms. The van der Waals surface area contributed by atoms with Crippen LogP contribution >= 0.6 is 11.6 Å². The molecule has 1 heterocycles. The second-order valence-corrected chi connectivity index (χ2v) is 8.69. The average molecular weight is 469 g/mol. The molecule has 7 nitrogen and oxygen atoms in total. The summed E-state index contributed by atoms with van der Waals surface area (Å²) in [4.78, 5) is 24.7. The molecule has 1 aliphatic heterocycles. The number of carbonyl (C=O) groups excluding carboxylic acids is 2. The maximum absolute atomic E-state index is 13.4. The minimum absolute atomic E-state index is 0.0401. The number of ether oxygens (including phenoxy) is 3. The Hall–Kier alpha value is -3.14. The van der Waals surface area contributed by atoms with Crippen molar-refractivity contribution in [3.63, 3.8) is 0 Å². The van der Waals surface area contributed by atoms with Gasteiger partial charge in [-0.05, 0) is 49.6 Å². The zero-order valence-corrected chi connectivity index (χ0v) is 17.1. The van der Waals surface area contributed by atoms with Crippen LogP contribution in [0.2, 0.25) is 5.02 Å². The van der Waals surface area contributed by atoms with Crippen LogP contribution in [0, 0.1) is 5.82 Å². The van der Waals surface area contributed by atoms with E-state index in [4.69, 9.17) is 16.3 Å². The van der Waals surface area contributed by atoms with E-state index in [-0.39, 0.29) is 40.3 Å². The molecule has 0 aromatic heterocycles. The van der Waals surface area contributed by atoms with Crippen LogP contribution in [0.3, 0.4) is 0 Å². The number of nitrogens with one attached hydrogen (secondary N) is 2. The molecule has 0 saturated heterocycles. The Bertz CT molecular complexity index is 1120. The fraction of sp³-hybridized carbons (Fsp3) is 0.333. The summed E-state index contributed by atoms with van der Waals surface area (Å²) in [5, 5.41) is 5.74. The predicted octanol–water partition coefficient (Wildman–Crippen LogP) is 3.40. The molecule has 0 spiro atoms. The second kappa shape index (κ2) is 6.93. The molecule has 0 radical (unpaired) electrons. The maximum atomic E-state index is 13.4. The molecule has 6 rings (SSSR count). The van der Waals surface area contributed by atoms with Crippen molar-refractivity contribution >= 4 is 23.4 Å². The molecule has 11 heteroatoms. The van der Waals surface area contributed by atoms with Crippen LogP contribution in [0.1, 0.15) is 29.6 Å². The van der Waals surface area contributed by atoms with Gasteiger partial charge in [0.2, 0.25) is 0 Å². The normalized spacial score (nSPS) is 25.9. The first-order chi connectivity index (χ1) is 15.1. The minimum atomic E-state index is -3.75. The monoisotopic (exact) mass is 468 g/mol. The molecular weight excluding hydrogens is 453 g/mol. The number of fused-ring (bicyclic) bond motifs is 1. The maximum Gasteiger partial charge on any atom is 0.586 e. The van der Waals surface area contributed by atoms with E-state index in [0.717, 1.165) is 6.07 Å². The lowest BCUT2D eigenvalue weighted by molar-refractivity contribution is -0.286. The van der Waals surface area contributed by atoms with Gasteiger partial charge in [-0.1, -0.05) is 11.6 Å². The largest absolute Gasteiger partial charge is 0.586 e. The Balaban J connectivity index is 1.11. The van der Waals surface area contributed by atoms with Crippen LogP contribution in [0.5, 0.6) is 17.2 Å². The molecule has 2 aromatic carbocycles. The zero-order chi connectivity index (χ0) is 22.7. The zero-order valence-electron chi connectivity index (χ0n) is 16.3. The van der Waals surface area contributed by atoms with Crippen molar-refractivity contribution in [1.29, 1.82) is 0 Å². The summed E-state index contributed by atoms with van der Waals surface area (Å²) < 4.78 is 53.7. The van der Waals surface area contributed by atoms with Gasteiger partial charge in [0, 0.05) is 22.7 Å². The third-order valence-corrected chi connectivity index (χ3v) is 6.04. The number of hydrogen-bond acceptors (Lipinski definition) is 5. The first-order valence-electron chi connectivity index (χ1n) is 9.67. The molecule has 3 aliphatic carbocycles. The molecule has 2 bridgehead atoms. The van der Waals surface area contributed by atoms with Crippen molar-refractivity contribution in [1.82, 2.24) is 10.6 Å². The highest BCUT2D eigenvalue weighted by molar-refractivity contribution is 6.30. The highest BCUT2D eigenvalue weighted by atomic mass is 35.5. The summed E-state index contributed by atoms with van der Waals surface area (Å²) in [6.07, 6.45) is -2.14. The highest BCUT2D eigenvalue weighted by Gasteiger charge is 2.69. The Labute approximate surface area is 184 Å². The topological polar surface area (TPSA) is 85.9 Å². The second-order valence-electron chi connectivity index (χ2n) is 8.29. The van der Waals surface area contributed by atoms with E-state index in [1.807, 2.05) is 0 Å². The first-order valence-corrected chi connectivity index (χ1v) is 10.1. The number of halogens is 4. The van der Waals surface area contributed by atoms with Gasteiger partial charge in [-0.15, -0.1) is 8.78 Å². The summed E-state index contributed by atoms with van der Waals surface area (Å²) in [5.41, 5.74) is -0.711. The molecule has 168 valence electrons. The van der Waals surface area contributed by atoms with Crippen LogP contribution in [0.25, 0.3) is 0 Å². The van der Waals surface area contributed by atoms with E-state index in [9.17, 15) is 22.8 Å². The van der Waals surface area contributed by atoms with Gasteiger partial charge >= 0.3 is 6.29 Å². The highest BCUT2D eigenvalue weighted by Crippen LogP contribution is 2.60. The van der Waals surface area contributed by atoms with E-state index in [1.54, 1.807) is 0 Å². The third-order valence-electron chi connectivity index (χ3n) is 5.74. The molecule has 2 amide bonds. The van der Waals surface area contributed by atoms with Gasteiger partial charge in [-0.3, -0.25) is 9.59 Å². The quantitative estimate of drug-likeness (QED) is 0.678. The Kier molecular flexibility index (Phi) is 4.49. The van der Waals surface area contributed by atoms with Crippen LogP contribution in [-0.4, -0.2) is 35.8 Å². The average Bonchev–Trinajstić information content (AvgIpc) is 2.99. The SMILES string of the molecule is O=C(COc1ccc(Cl)c(F)c1)NC12CC(NC(=O)c3ccc4c(c3)OC(F)(F)O4)(C1)C2. The fourth-order valence-corrected chi connectivity index (χ4v) is 4.62. The van der Waals surface area contributed by atoms with Crippen molar-refractivity contribution in [2.75, 3.05) is 6.61 Å². The van der Waals surface area contributed by atoms with Gasteiger partial charge in [-0.2, -0.15) is 0 Å². The van der Waals surface area contributed by atoms with Crippen molar-refractivity contribution in [2.45, 2.75) is 36.6 Å². The Morgan fingerprint density at radius 1 is 1.00 bits per heavy atom. The summed E-state index contributed by atoms with van der Waals surface area (Å²) in [6.45, 7) is -0.288. The number of rotatable bonds is 6. The molecule has 3 fully saturated rings. The Morgan fingerprint density at radius 2 is 1.69 bits per heavy atom. The van der Waals surface area contributed by atoms with E-state index in [1.165, 1.54) is 30.3 Å². The summed E-state index contributed by atoms with van der Waals surface area (Å²) in [7, 11) is 0. The van der Waals surface area contributed by atoms with Gasteiger partial charge in [0.15, 0.2) is 18.1 Å². The molecule has 2 aromatic rings. The number of alkyl halides is 2. The molecular formula is C21H16ClF3N2O5. The van der Waals surface area contributed by atoms with Crippen molar-refractivity contribution in [3.05, 3.63) is 52.8 Å². The van der Waals surface area contributed by atoms with Crippen molar-refractivity contribution in [2.24, 2.45) is 0 Å². The number of hydrogen-bond donors (Lipinski definition) is 2. The first kappa shape index (κ1) is 20.7. The smallest absolute Gasteiger partial charge is 0.484 e. The van der Waals surface area contributed by atoms with E-state index in [0.29, 0.717) is 19.3 Å². The third kappa shape index (κ3) is 3.68. The lowest BCUT2D eigenvalue weighted by atomic mass is 9.44. The Morgan fingerprint density at radius 3 is 2.41 bits per heavy atom. The summed E-state index contributed by atoms with van der Waals surface area (Å²) in [5.74, 6) is -1.59. The van der Waals surface area contributed by atoms with Gasteiger partial charge in [-0.25, -0.2) is 4.39 Å². The van der Waals surface area contributed by atoms with Crippen LogP contribution in [-0.2, 0) is 4.79 Å². The van der Waals surface area contributed by atoms with Crippen LogP contribution in [0.15, 0.2) is 36.4 Å². The lowest BCUT2D eigenvalue weighted by Crippen LogP contribution is -2.84. The van der Waals surface area contributed by atoms with E-state index in [2.05, 4.69) is 20.1 Å². The summed E-state index contributed by atoms with van der Waals surface area (Å²) >= 11 is 5.60. The van der Waals surface area contributed by atoms with Crippen molar-refractivity contribution < 1.29 is 37.0 Å². The molecule has 0 unspecified atom stereocenters. The number of benzene rings is 2. The van der Waals surface area contributed by atoms with Gasteiger partial charge in [0.05, 0.1) is 5.02 Å². The lowest BCUT2D eigenvalue weighted by Gasteiger charge is -2.70. The standard InChI is InChI=1S/C21H16ClF3N2O5/c22-13-3-2-12(6-14(13)23)30-7-17(28)26-19-8-20(9-19,10-19)27-18(29)11-1-4-15-16(5-11)32-21(24,25)31-15/h1-6H,7-10H2,(H,26,28)(H,27,29).